The molecule has 0 bridgehead atoms. The summed E-state index contributed by atoms with van der Waals surface area (Å²) >= 11 is 0. The molecule has 1 fully saturated rings. The predicted octanol–water partition coefficient (Wildman–Crippen LogP) is -3.74. The Kier molecular flexibility index (Phi) is 7.07. The molecule has 1 rings (SSSR count). The van der Waals surface area contributed by atoms with Gasteiger partial charge in [0.25, 0.3) is 0 Å². The van der Waals surface area contributed by atoms with Gasteiger partial charge in [-0.2, -0.15) is 0 Å². The van der Waals surface area contributed by atoms with E-state index in [4.69, 9.17) is 5.11 Å². The van der Waals surface area contributed by atoms with Crippen LogP contribution in [0.1, 0.15) is 25.7 Å². The molecule has 1 N–H and O–H groups in total. The Hall–Kier alpha value is 0.340. The minimum Gasteiger partial charge on any atom is -0.746 e. The van der Waals surface area contributed by atoms with Crippen LogP contribution in [0.2, 0.25) is 0 Å². The summed E-state index contributed by atoms with van der Waals surface area (Å²) in [4.78, 5) is 12.9. The maximum atomic E-state index is 11.4. The van der Waals surface area contributed by atoms with Crippen molar-refractivity contribution in [2.45, 2.75) is 31.1 Å². The standard InChI is InChI=1S/C8H15NO5S.Na/c10-7(6-8(11)15(12,13)14)9-4-2-1-3-5-9;/h8,11H,1-6H2,(H,12,13,14);/q;+1/p-1. The number of hydrogen-bond donors (Lipinski definition) is 1. The number of aliphatic hydroxyl groups excluding tert-OH is 1. The molecule has 0 aromatic carbocycles. The van der Waals surface area contributed by atoms with Crippen LogP contribution >= 0.6 is 0 Å². The van der Waals surface area contributed by atoms with Gasteiger partial charge in [0, 0.05) is 13.1 Å². The van der Waals surface area contributed by atoms with Crippen molar-refractivity contribution in [1.82, 2.24) is 4.90 Å². The molecule has 1 aliphatic rings. The van der Waals surface area contributed by atoms with Crippen molar-refractivity contribution in [3.05, 3.63) is 0 Å². The zero-order valence-corrected chi connectivity index (χ0v) is 12.1. The van der Waals surface area contributed by atoms with Gasteiger partial charge >= 0.3 is 29.6 Å². The topological polar surface area (TPSA) is 97.7 Å². The second-order valence-electron chi connectivity index (χ2n) is 3.59. The summed E-state index contributed by atoms with van der Waals surface area (Å²) in [5.74, 6) is -0.471. The first-order valence-corrected chi connectivity index (χ1v) is 6.29. The third kappa shape index (κ3) is 5.11. The molecule has 1 saturated heterocycles. The molecule has 1 unspecified atom stereocenters. The molecule has 0 aromatic heterocycles. The van der Waals surface area contributed by atoms with E-state index < -0.39 is 27.9 Å². The van der Waals surface area contributed by atoms with E-state index in [1.165, 1.54) is 4.90 Å². The van der Waals surface area contributed by atoms with Gasteiger partial charge < -0.3 is 14.6 Å². The van der Waals surface area contributed by atoms with Crippen LogP contribution < -0.4 is 29.6 Å². The molecule has 0 spiro atoms. The van der Waals surface area contributed by atoms with E-state index in [-0.39, 0.29) is 29.6 Å². The summed E-state index contributed by atoms with van der Waals surface area (Å²) in [6.45, 7) is 1.15. The van der Waals surface area contributed by atoms with Gasteiger partial charge in [-0.3, -0.25) is 4.79 Å². The minimum absolute atomic E-state index is 0. The number of amides is 1. The number of nitrogens with zero attached hydrogens (tertiary/aromatic N) is 1. The Balaban J connectivity index is 0.00000225. The molecular formula is C8H14NNaO5S. The molecule has 0 radical (unpaired) electrons. The zero-order chi connectivity index (χ0) is 11.5. The Labute approximate surface area is 117 Å². The summed E-state index contributed by atoms with van der Waals surface area (Å²) in [7, 11) is -4.78. The van der Waals surface area contributed by atoms with Crippen LogP contribution in [0.25, 0.3) is 0 Å². The summed E-state index contributed by atoms with van der Waals surface area (Å²) in [6, 6.07) is 0. The number of rotatable bonds is 3. The fraction of sp³-hybridized carbons (Fsp3) is 0.875. The Morgan fingerprint density at radius 1 is 1.31 bits per heavy atom. The summed E-state index contributed by atoms with van der Waals surface area (Å²) in [5, 5.41) is 8.94. The predicted molar refractivity (Wildman–Crippen MR) is 50.8 cm³/mol. The molecule has 1 aliphatic heterocycles. The van der Waals surface area contributed by atoms with Crippen LogP contribution in [-0.2, 0) is 14.9 Å². The fourth-order valence-corrected chi connectivity index (χ4v) is 1.87. The first-order valence-electron chi connectivity index (χ1n) is 4.82. The first kappa shape index (κ1) is 16.3. The molecule has 88 valence electrons. The van der Waals surface area contributed by atoms with E-state index in [0.29, 0.717) is 13.1 Å². The normalized spacial score (nSPS) is 18.8. The Bertz CT molecular complexity index is 325. The second-order valence-corrected chi connectivity index (χ2v) is 5.12. The molecule has 0 aliphatic carbocycles. The quantitative estimate of drug-likeness (QED) is 0.415. The largest absolute Gasteiger partial charge is 1.00 e. The van der Waals surface area contributed by atoms with Crippen molar-refractivity contribution in [3.8, 4) is 0 Å². The monoisotopic (exact) mass is 259 g/mol. The summed E-state index contributed by atoms with van der Waals surface area (Å²) in [5.41, 5.74) is -2.12. The van der Waals surface area contributed by atoms with Crippen molar-refractivity contribution in [1.29, 1.82) is 0 Å². The number of likely N-dealkylation sites (tertiary alicyclic amines) is 1. The van der Waals surface area contributed by atoms with Gasteiger partial charge in [0.2, 0.25) is 5.91 Å². The average molecular weight is 259 g/mol. The van der Waals surface area contributed by atoms with Crippen molar-refractivity contribution >= 4 is 16.0 Å². The maximum absolute atomic E-state index is 11.4. The smallest absolute Gasteiger partial charge is 0.746 e. The van der Waals surface area contributed by atoms with Gasteiger partial charge in [-0.15, -0.1) is 0 Å². The van der Waals surface area contributed by atoms with E-state index in [9.17, 15) is 17.8 Å². The van der Waals surface area contributed by atoms with Crippen LogP contribution in [0.4, 0.5) is 0 Å². The molecule has 1 amide bonds. The van der Waals surface area contributed by atoms with Gasteiger partial charge in [0.05, 0.1) is 6.42 Å². The number of carbonyl (C=O) groups is 1. The van der Waals surface area contributed by atoms with Crippen molar-refractivity contribution in [2.75, 3.05) is 13.1 Å². The van der Waals surface area contributed by atoms with Gasteiger partial charge in [0.1, 0.15) is 10.1 Å². The Morgan fingerprint density at radius 2 is 1.81 bits per heavy atom. The van der Waals surface area contributed by atoms with Crippen LogP contribution in [-0.4, -0.2) is 47.4 Å². The molecule has 0 saturated carbocycles. The number of carbonyl (C=O) groups excluding carboxylic acids is 1. The first-order chi connectivity index (χ1) is 6.91. The second kappa shape index (κ2) is 6.93. The molecular weight excluding hydrogens is 245 g/mol. The molecule has 8 heteroatoms. The van der Waals surface area contributed by atoms with Crippen molar-refractivity contribution < 1.29 is 52.4 Å². The van der Waals surface area contributed by atoms with Gasteiger partial charge in [-0.1, -0.05) is 0 Å². The number of aliphatic hydroxyl groups is 1. The van der Waals surface area contributed by atoms with E-state index in [0.717, 1.165) is 19.3 Å². The summed E-state index contributed by atoms with van der Waals surface area (Å²) in [6.07, 6.45) is 2.18. The minimum atomic E-state index is -4.78. The van der Waals surface area contributed by atoms with Gasteiger partial charge in [0.15, 0.2) is 5.44 Å². The maximum Gasteiger partial charge on any atom is 1.00 e. The van der Waals surface area contributed by atoms with Gasteiger partial charge in [-0.05, 0) is 19.3 Å². The van der Waals surface area contributed by atoms with E-state index >= 15 is 0 Å². The molecule has 0 aromatic rings. The van der Waals surface area contributed by atoms with Crippen LogP contribution in [0.5, 0.6) is 0 Å². The van der Waals surface area contributed by atoms with Crippen molar-refractivity contribution in [2.24, 2.45) is 0 Å². The van der Waals surface area contributed by atoms with Crippen LogP contribution in [0.15, 0.2) is 0 Å². The summed E-state index contributed by atoms with van der Waals surface area (Å²) < 4.78 is 31.1. The van der Waals surface area contributed by atoms with Crippen molar-refractivity contribution in [3.63, 3.8) is 0 Å². The number of hydrogen-bond acceptors (Lipinski definition) is 5. The van der Waals surface area contributed by atoms with Crippen LogP contribution in [0.3, 0.4) is 0 Å². The SMILES string of the molecule is O=C(CC(O)S(=O)(=O)[O-])N1CCCCC1.[Na+]. The molecule has 1 heterocycles. The third-order valence-electron chi connectivity index (χ3n) is 2.39. The molecule has 6 nitrogen and oxygen atoms in total. The number of piperidine rings is 1. The third-order valence-corrected chi connectivity index (χ3v) is 3.22. The van der Waals surface area contributed by atoms with Gasteiger partial charge in [-0.25, -0.2) is 8.42 Å². The molecule has 16 heavy (non-hydrogen) atoms. The van der Waals surface area contributed by atoms with E-state index in [1.807, 2.05) is 0 Å². The fourth-order valence-electron chi connectivity index (χ4n) is 1.52. The zero-order valence-electron chi connectivity index (χ0n) is 9.26. The van der Waals surface area contributed by atoms with E-state index in [2.05, 4.69) is 0 Å². The van der Waals surface area contributed by atoms with E-state index in [1.54, 1.807) is 0 Å². The Morgan fingerprint density at radius 3 is 2.25 bits per heavy atom. The molecule has 1 atom stereocenters. The average Bonchev–Trinajstić information content (AvgIpc) is 2.17. The van der Waals surface area contributed by atoms with Crippen LogP contribution in [0, 0.1) is 0 Å².